The molecule has 1 N–H and O–H groups in total. The van der Waals surface area contributed by atoms with E-state index in [1.807, 2.05) is 25.3 Å². The third kappa shape index (κ3) is 4.54. The Morgan fingerprint density at radius 3 is 2.65 bits per heavy atom. The first kappa shape index (κ1) is 19.9. The standard InChI is InChI=1S/C23H28N6O2/c1-16-22(26-10-9-24-16)27-17-4-6-18(7-5-17)31-23-19-3-2-8-25-20(19)15-21(28-23)29-11-13-30-14-12-29/h2-3,8-10,15,17-18H,4-7,11-14H2,1H3,(H,26,27). The van der Waals surface area contributed by atoms with Crippen molar-refractivity contribution in [2.24, 2.45) is 0 Å². The van der Waals surface area contributed by atoms with Gasteiger partial charge in [0.05, 0.1) is 29.8 Å². The number of nitrogens with zero attached hydrogens (tertiary/aromatic N) is 5. The van der Waals surface area contributed by atoms with Crippen LogP contribution in [0.15, 0.2) is 36.8 Å². The first-order valence-electron chi connectivity index (χ1n) is 11.1. The van der Waals surface area contributed by atoms with Gasteiger partial charge in [0.2, 0.25) is 5.88 Å². The Hall–Kier alpha value is -3.00. The third-order valence-electron chi connectivity index (χ3n) is 6.06. The van der Waals surface area contributed by atoms with Crippen molar-refractivity contribution in [1.82, 2.24) is 19.9 Å². The van der Waals surface area contributed by atoms with Crippen LogP contribution >= 0.6 is 0 Å². The van der Waals surface area contributed by atoms with Crippen LogP contribution in [0.5, 0.6) is 5.88 Å². The molecule has 0 unspecified atom stereocenters. The molecule has 3 aromatic rings. The van der Waals surface area contributed by atoms with Gasteiger partial charge in [0, 0.05) is 43.8 Å². The van der Waals surface area contributed by atoms with Gasteiger partial charge in [-0.05, 0) is 44.7 Å². The Labute approximate surface area is 182 Å². The minimum Gasteiger partial charge on any atom is -0.474 e. The zero-order chi connectivity index (χ0) is 21.0. The fraction of sp³-hybridized carbons (Fsp3) is 0.478. The van der Waals surface area contributed by atoms with Crippen molar-refractivity contribution in [3.63, 3.8) is 0 Å². The maximum atomic E-state index is 6.46. The van der Waals surface area contributed by atoms with Gasteiger partial charge in [-0.15, -0.1) is 0 Å². The summed E-state index contributed by atoms with van der Waals surface area (Å²) in [5.74, 6) is 2.48. The lowest BCUT2D eigenvalue weighted by Crippen LogP contribution is -2.37. The van der Waals surface area contributed by atoms with E-state index in [1.165, 1.54) is 0 Å². The quantitative estimate of drug-likeness (QED) is 0.673. The van der Waals surface area contributed by atoms with E-state index in [0.29, 0.717) is 11.9 Å². The molecule has 31 heavy (non-hydrogen) atoms. The third-order valence-corrected chi connectivity index (χ3v) is 6.06. The molecule has 3 aromatic heterocycles. The largest absolute Gasteiger partial charge is 0.474 e. The van der Waals surface area contributed by atoms with Gasteiger partial charge in [-0.25, -0.2) is 4.98 Å². The number of hydrogen-bond donors (Lipinski definition) is 1. The van der Waals surface area contributed by atoms with E-state index in [9.17, 15) is 0 Å². The molecule has 0 radical (unpaired) electrons. The lowest BCUT2D eigenvalue weighted by atomic mass is 9.93. The first-order valence-corrected chi connectivity index (χ1v) is 11.1. The molecule has 5 rings (SSSR count). The maximum absolute atomic E-state index is 6.46. The van der Waals surface area contributed by atoms with Crippen molar-refractivity contribution in [2.45, 2.75) is 44.8 Å². The summed E-state index contributed by atoms with van der Waals surface area (Å²) < 4.78 is 11.9. The summed E-state index contributed by atoms with van der Waals surface area (Å²) in [5.41, 5.74) is 1.85. The van der Waals surface area contributed by atoms with Crippen molar-refractivity contribution in [2.75, 3.05) is 36.5 Å². The second-order valence-corrected chi connectivity index (χ2v) is 8.18. The van der Waals surface area contributed by atoms with E-state index < -0.39 is 0 Å². The number of fused-ring (bicyclic) bond motifs is 1. The molecule has 1 saturated carbocycles. The van der Waals surface area contributed by atoms with Crippen LogP contribution in [0.1, 0.15) is 31.4 Å². The van der Waals surface area contributed by atoms with Gasteiger partial charge in [0.1, 0.15) is 17.7 Å². The van der Waals surface area contributed by atoms with Gasteiger partial charge in [-0.2, -0.15) is 4.98 Å². The summed E-state index contributed by atoms with van der Waals surface area (Å²) >= 11 is 0. The maximum Gasteiger partial charge on any atom is 0.225 e. The molecule has 0 aromatic carbocycles. The molecule has 1 aliphatic heterocycles. The molecule has 0 amide bonds. The molecular formula is C23H28N6O2. The first-order chi connectivity index (χ1) is 15.3. The van der Waals surface area contributed by atoms with Crippen molar-refractivity contribution in [1.29, 1.82) is 0 Å². The zero-order valence-electron chi connectivity index (χ0n) is 17.8. The lowest BCUT2D eigenvalue weighted by molar-refractivity contribution is 0.122. The van der Waals surface area contributed by atoms with E-state index in [4.69, 9.17) is 14.5 Å². The highest BCUT2D eigenvalue weighted by molar-refractivity contribution is 5.85. The fourth-order valence-electron chi connectivity index (χ4n) is 4.30. The van der Waals surface area contributed by atoms with E-state index in [1.54, 1.807) is 12.4 Å². The van der Waals surface area contributed by atoms with Crippen LogP contribution < -0.4 is 15.0 Å². The molecule has 0 atom stereocenters. The highest BCUT2D eigenvalue weighted by Gasteiger charge is 2.25. The summed E-state index contributed by atoms with van der Waals surface area (Å²) in [6, 6.07) is 6.42. The van der Waals surface area contributed by atoms with Crippen LogP contribution in [0, 0.1) is 6.92 Å². The predicted molar refractivity (Wildman–Crippen MR) is 120 cm³/mol. The minimum atomic E-state index is 0.150. The van der Waals surface area contributed by atoms with E-state index in [0.717, 1.165) is 80.2 Å². The van der Waals surface area contributed by atoms with Crippen LogP contribution in [0.3, 0.4) is 0 Å². The SMILES string of the molecule is Cc1nccnc1NC1CCC(Oc2nc(N3CCOCC3)cc3ncccc23)CC1. The second-order valence-electron chi connectivity index (χ2n) is 8.18. The number of morpholine rings is 1. The van der Waals surface area contributed by atoms with Crippen molar-refractivity contribution in [3.8, 4) is 5.88 Å². The minimum absolute atomic E-state index is 0.150. The molecule has 8 nitrogen and oxygen atoms in total. The summed E-state index contributed by atoms with van der Waals surface area (Å²) in [4.78, 5) is 20.4. The molecule has 8 heteroatoms. The van der Waals surface area contributed by atoms with Gasteiger partial charge in [-0.3, -0.25) is 9.97 Å². The molecule has 0 spiro atoms. The average Bonchev–Trinajstić information content (AvgIpc) is 2.82. The Morgan fingerprint density at radius 2 is 1.84 bits per heavy atom. The number of aryl methyl sites for hydroxylation is 1. The van der Waals surface area contributed by atoms with Gasteiger partial charge in [-0.1, -0.05) is 0 Å². The van der Waals surface area contributed by atoms with Crippen LogP contribution in [0.2, 0.25) is 0 Å². The molecule has 4 heterocycles. The van der Waals surface area contributed by atoms with E-state index in [-0.39, 0.29) is 6.10 Å². The van der Waals surface area contributed by atoms with Gasteiger partial charge in [0.25, 0.3) is 0 Å². The normalized spacial score (nSPS) is 21.8. The van der Waals surface area contributed by atoms with Crippen LogP contribution in [0.25, 0.3) is 10.9 Å². The number of pyridine rings is 2. The predicted octanol–water partition coefficient (Wildman–Crippen LogP) is 3.37. The second kappa shape index (κ2) is 9.01. The number of rotatable bonds is 5. The Balaban J connectivity index is 1.28. The number of hydrogen-bond acceptors (Lipinski definition) is 8. The monoisotopic (exact) mass is 420 g/mol. The molecular weight excluding hydrogens is 392 g/mol. The summed E-state index contributed by atoms with van der Waals surface area (Å²) in [6.45, 7) is 5.10. The van der Waals surface area contributed by atoms with E-state index in [2.05, 4.69) is 31.2 Å². The Kier molecular flexibility index (Phi) is 5.80. The van der Waals surface area contributed by atoms with Crippen LogP contribution in [-0.2, 0) is 4.74 Å². The topological polar surface area (TPSA) is 85.3 Å². The molecule has 1 aliphatic carbocycles. The highest BCUT2D eigenvalue weighted by Crippen LogP contribution is 2.31. The van der Waals surface area contributed by atoms with E-state index >= 15 is 0 Å². The van der Waals surface area contributed by atoms with Crippen LogP contribution in [-0.4, -0.2) is 58.4 Å². The fourth-order valence-corrected chi connectivity index (χ4v) is 4.30. The molecule has 2 fully saturated rings. The number of ether oxygens (including phenoxy) is 2. The highest BCUT2D eigenvalue weighted by atomic mass is 16.5. The van der Waals surface area contributed by atoms with Crippen molar-refractivity contribution >= 4 is 22.5 Å². The van der Waals surface area contributed by atoms with Crippen LogP contribution in [0.4, 0.5) is 11.6 Å². The lowest BCUT2D eigenvalue weighted by Gasteiger charge is -2.31. The summed E-state index contributed by atoms with van der Waals surface area (Å²) in [7, 11) is 0. The molecule has 2 aliphatic rings. The number of anilines is 2. The molecule has 1 saturated heterocycles. The summed E-state index contributed by atoms with van der Waals surface area (Å²) in [5, 5.41) is 4.51. The molecule has 162 valence electrons. The van der Waals surface area contributed by atoms with Crippen molar-refractivity contribution < 1.29 is 9.47 Å². The Morgan fingerprint density at radius 1 is 1.03 bits per heavy atom. The van der Waals surface area contributed by atoms with Gasteiger partial charge in [0.15, 0.2) is 0 Å². The average molecular weight is 421 g/mol. The van der Waals surface area contributed by atoms with Gasteiger partial charge >= 0.3 is 0 Å². The molecule has 0 bridgehead atoms. The zero-order valence-corrected chi connectivity index (χ0v) is 17.8. The van der Waals surface area contributed by atoms with Gasteiger partial charge < -0.3 is 19.7 Å². The summed E-state index contributed by atoms with van der Waals surface area (Å²) in [6.07, 6.45) is 9.43. The Bertz CT molecular complexity index is 1030. The number of nitrogens with one attached hydrogen (secondary N) is 1. The van der Waals surface area contributed by atoms with Crippen molar-refractivity contribution in [3.05, 3.63) is 42.5 Å². The number of aromatic nitrogens is 4. The smallest absolute Gasteiger partial charge is 0.225 e.